The summed E-state index contributed by atoms with van der Waals surface area (Å²) < 4.78 is 14.7. The van der Waals surface area contributed by atoms with Crippen LogP contribution in [-0.4, -0.2) is 41.0 Å². The van der Waals surface area contributed by atoms with Crippen molar-refractivity contribution in [2.24, 2.45) is 0 Å². The van der Waals surface area contributed by atoms with Crippen LogP contribution in [0.1, 0.15) is 31.0 Å². The van der Waals surface area contributed by atoms with Crippen LogP contribution in [0.5, 0.6) is 0 Å². The number of hydrogen-bond acceptors (Lipinski definition) is 4. The summed E-state index contributed by atoms with van der Waals surface area (Å²) in [5, 5.41) is 3.28. The van der Waals surface area contributed by atoms with Gasteiger partial charge in [-0.15, -0.1) is 0 Å². The predicted octanol–water partition coefficient (Wildman–Crippen LogP) is 1.59. The normalized spacial score (nSPS) is 16.5. The van der Waals surface area contributed by atoms with E-state index in [0.717, 1.165) is 26.2 Å². The highest BCUT2D eigenvalue weighted by Gasteiger charge is 2.16. The molecule has 1 fully saturated rings. The zero-order valence-corrected chi connectivity index (χ0v) is 12.9. The molecule has 3 rings (SSSR count). The van der Waals surface area contributed by atoms with Gasteiger partial charge in [0.1, 0.15) is 11.2 Å². The number of halogens is 1. The molecule has 0 amide bonds. The van der Waals surface area contributed by atoms with E-state index in [1.807, 2.05) is 13.8 Å². The van der Waals surface area contributed by atoms with Gasteiger partial charge in [-0.3, -0.25) is 9.69 Å². The third-order valence-electron chi connectivity index (χ3n) is 4.06. The van der Waals surface area contributed by atoms with Crippen LogP contribution in [0.3, 0.4) is 0 Å². The Bertz CT molecular complexity index is 735. The third-order valence-corrected chi connectivity index (χ3v) is 4.06. The van der Waals surface area contributed by atoms with E-state index in [1.54, 1.807) is 12.1 Å². The number of aromatic nitrogens is 2. The second-order valence-corrected chi connectivity index (χ2v) is 6.06. The van der Waals surface area contributed by atoms with Gasteiger partial charge in [0, 0.05) is 44.2 Å². The smallest absolute Gasteiger partial charge is 0.270 e. The van der Waals surface area contributed by atoms with E-state index in [2.05, 4.69) is 20.2 Å². The molecule has 1 aliphatic rings. The first kappa shape index (κ1) is 15.1. The molecule has 0 unspecified atom stereocenters. The van der Waals surface area contributed by atoms with Gasteiger partial charge in [-0.05, 0) is 6.07 Å². The van der Waals surface area contributed by atoms with Crippen LogP contribution in [0.15, 0.2) is 16.9 Å². The van der Waals surface area contributed by atoms with E-state index in [9.17, 15) is 9.18 Å². The molecule has 1 aliphatic heterocycles. The molecule has 0 atom stereocenters. The van der Waals surface area contributed by atoms with E-state index in [0.29, 0.717) is 23.3 Å². The molecule has 0 aliphatic carbocycles. The van der Waals surface area contributed by atoms with Crippen LogP contribution >= 0.6 is 0 Å². The molecule has 2 heterocycles. The molecule has 0 spiro atoms. The molecule has 1 aromatic carbocycles. The summed E-state index contributed by atoms with van der Waals surface area (Å²) in [7, 11) is 0. The number of H-pyrrole nitrogens is 1. The minimum atomic E-state index is -0.365. The number of piperazine rings is 1. The Morgan fingerprint density at radius 3 is 2.73 bits per heavy atom. The van der Waals surface area contributed by atoms with Crippen molar-refractivity contribution < 1.29 is 4.39 Å². The molecule has 1 aromatic heterocycles. The average molecular weight is 304 g/mol. The molecular formula is C16H21FN4O. The Hall–Kier alpha value is -1.79. The van der Waals surface area contributed by atoms with Crippen molar-refractivity contribution in [2.45, 2.75) is 26.3 Å². The van der Waals surface area contributed by atoms with Crippen molar-refractivity contribution in [1.29, 1.82) is 0 Å². The summed E-state index contributed by atoms with van der Waals surface area (Å²) in [6.45, 7) is 8.00. The van der Waals surface area contributed by atoms with E-state index < -0.39 is 0 Å². The predicted molar refractivity (Wildman–Crippen MR) is 84.6 cm³/mol. The zero-order valence-electron chi connectivity index (χ0n) is 12.9. The molecule has 118 valence electrons. The lowest BCUT2D eigenvalue weighted by Gasteiger charge is -2.27. The molecule has 5 nitrogen and oxygen atoms in total. The fourth-order valence-corrected chi connectivity index (χ4v) is 2.80. The van der Waals surface area contributed by atoms with Crippen LogP contribution in [-0.2, 0) is 6.54 Å². The lowest BCUT2D eigenvalue weighted by molar-refractivity contribution is 0.230. The lowest BCUT2D eigenvalue weighted by Crippen LogP contribution is -2.43. The lowest BCUT2D eigenvalue weighted by atomic mass is 10.1. The highest BCUT2D eigenvalue weighted by atomic mass is 19.1. The van der Waals surface area contributed by atoms with Gasteiger partial charge in [0.25, 0.3) is 5.56 Å². The highest BCUT2D eigenvalue weighted by molar-refractivity contribution is 5.75. The Morgan fingerprint density at radius 1 is 1.32 bits per heavy atom. The zero-order chi connectivity index (χ0) is 15.7. The molecular weight excluding hydrogens is 283 g/mol. The van der Waals surface area contributed by atoms with Gasteiger partial charge in [-0.2, -0.15) is 0 Å². The average Bonchev–Trinajstić information content (AvgIpc) is 2.51. The summed E-state index contributed by atoms with van der Waals surface area (Å²) in [5.41, 5.74) is 1.46. The van der Waals surface area contributed by atoms with Crippen molar-refractivity contribution in [3.63, 3.8) is 0 Å². The number of aromatic amines is 1. The van der Waals surface area contributed by atoms with Gasteiger partial charge >= 0.3 is 0 Å². The number of nitrogens with one attached hydrogen (secondary N) is 2. The molecule has 2 N–H and O–H groups in total. The van der Waals surface area contributed by atoms with Crippen molar-refractivity contribution in [1.82, 2.24) is 20.2 Å². The molecule has 22 heavy (non-hydrogen) atoms. The van der Waals surface area contributed by atoms with Crippen molar-refractivity contribution in [3.05, 3.63) is 39.6 Å². The number of rotatable bonds is 3. The largest absolute Gasteiger partial charge is 0.317 e. The summed E-state index contributed by atoms with van der Waals surface area (Å²) in [6, 6.07) is 3.56. The maximum atomic E-state index is 14.7. The number of nitrogens with zero attached hydrogens (tertiary/aromatic N) is 2. The number of hydrogen-bond donors (Lipinski definition) is 2. The van der Waals surface area contributed by atoms with Crippen molar-refractivity contribution >= 4 is 11.0 Å². The quantitative estimate of drug-likeness (QED) is 0.904. The van der Waals surface area contributed by atoms with Gasteiger partial charge < -0.3 is 10.3 Å². The van der Waals surface area contributed by atoms with E-state index in [1.165, 1.54) is 0 Å². The van der Waals surface area contributed by atoms with Crippen LogP contribution in [0.4, 0.5) is 4.39 Å². The maximum absolute atomic E-state index is 14.7. The molecule has 0 radical (unpaired) electrons. The van der Waals surface area contributed by atoms with Gasteiger partial charge in [0.2, 0.25) is 0 Å². The molecule has 0 saturated carbocycles. The molecule has 0 bridgehead atoms. The summed E-state index contributed by atoms with van der Waals surface area (Å²) in [4.78, 5) is 21.2. The summed E-state index contributed by atoms with van der Waals surface area (Å²) >= 11 is 0. The molecule has 6 heteroatoms. The summed E-state index contributed by atoms with van der Waals surface area (Å²) in [6.07, 6.45) is 0. The first-order valence-electron chi connectivity index (χ1n) is 7.70. The van der Waals surface area contributed by atoms with Crippen molar-refractivity contribution in [2.75, 3.05) is 26.2 Å². The topological polar surface area (TPSA) is 61.0 Å². The van der Waals surface area contributed by atoms with Crippen molar-refractivity contribution in [3.8, 4) is 0 Å². The second kappa shape index (κ2) is 6.14. The van der Waals surface area contributed by atoms with Gasteiger partial charge in [0.15, 0.2) is 5.82 Å². The molecule has 2 aromatic rings. The minimum absolute atomic E-state index is 0.0109. The number of fused-ring (bicyclic) bond motifs is 1. The van der Waals surface area contributed by atoms with Crippen LogP contribution in [0.2, 0.25) is 0 Å². The van der Waals surface area contributed by atoms with Gasteiger partial charge in [0.05, 0.1) is 5.52 Å². The second-order valence-electron chi connectivity index (χ2n) is 6.06. The monoisotopic (exact) mass is 304 g/mol. The van der Waals surface area contributed by atoms with Gasteiger partial charge in [-0.1, -0.05) is 19.9 Å². The van der Waals surface area contributed by atoms with E-state index in [-0.39, 0.29) is 22.8 Å². The number of benzene rings is 1. The Morgan fingerprint density at radius 2 is 2.05 bits per heavy atom. The molecule has 1 saturated heterocycles. The Balaban J connectivity index is 1.98. The highest BCUT2D eigenvalue weighted by Crippen LogP contribution is 2.20. The van der Waals surface area contributed by atoms with Crippen LogP contribution in [0.25, 0.3) is 11.0 Å². The maximum Gasteiger partial charge on any atom is 0.270 e. The first-order chi connectivity index (χ1) is 10.6. The third kappa shape index (κ3) is 2.89. The Labute approximate surface area is 128 Å². The standard InChI is InChI=1S/C16H21FN4O/c1-10(2)14-16(22)20-15-12(19-14)4-3-11(13(15)17)9-21-7-5-18-6-8-21/h3-4,10,18H,5-9H2,1-2H3,(H,20,22). The van der Waals surface area contributed by atoms with Crippen LogP contribution in [0, 0.1) is 5.82 Å². The van der Waals surface area contributed by atoms with E-state index >= 15 is 0 Å². The van der Waals surface area contributed by atoms with Gasteiger partial charge in [-0.25, -0.2) is 9.37 Å². The fraction of sp³-hybridized carbons (Fsp3) is 0.500. The van der Waals surface area contributed by atoms with Crippen LogP contribution < -0.4 is 10.9 Å². The first-order valence-corrected chi connectivity index (χ1v) is 7.70. The SMILES string of the molecule is CC(C)c1nc2ccc(CN3CCNCC3)c(F)c2[nH]c1=O. The summed E-state index contributed by atoms with van der Waals surface area (Å²) in [5.74, 6) is -0.354. The fourth-order valence-electron chi connectivity index (χ4n) is 2.80. The minimum Gasteiger partial charge on any atom is -0.317 e. The Kier molecular flexibility index (Phi) is 4.22. The van der Waals surface area contributed by atoms with E-state index in [4.69, 9.17) is 0 Å².